The summed E-state index contributed by atoms with van der Waals surface area (Å²) in [6.45, 7) is 12.0. The lowest BCUT2D eigenvalue weighted by Gasteiger charge is -2.27. The Balaban J connectivity index is 2.09. The number of benzene rings is 2. The van der Waals surface area contributed by atoms with Gasteiger partial charge in [0, 0.05) is 0 Å². The van der Waals surface area contributed by atoms with Crippen LogP contribution in [0.15, 0.2) is 36.4 Å². The van der Waals surface area contributed by atoms with Crippen LogP contribution in [0, 0.1) is 33.1 Å². The molecule has 0 N–H and O–H groups in total. The first-order chi connectivity index (χ1) is 13.7. The molecule has 156 valence electrons. The Morgan fingerprint density at radius 3 is 1.41 bits per heavy atom. The molecule has 0 aliphatic carbocycles. The molecule has 0 radical (unpaired) electrons. The third-order valence-electron chi connectivity index (χ3n) is 5.70. The number of carbonyl (C=O) groups is 2. The van der Waals surface area contributed by atoms with Crippen molar-refractivity contribution in [2.24, 2.45) is 5.41 Å². The van der Waals surface area contributed by atoms with Crippen molar-refractivity contribution in [2.75, 3.05) is 0 Å². The van der Waals surface area contributed by atoms with E-state index in [9.17, 15) is 9.59 Å². The molecule has 0 atom stereocenters. The highest BCUT2D eigenvalue weighted by molar-refractivity contribution is 6.00. The maximum atomic E-state index is 12.9. The fourth-order valence-corrected chi connectivity index (χ4v) is 3.49. The topological polar surface area (TPSA) is 52.6 Å². The second-order valence-electron chi connectivity index (χ2n) is 7.80. The zero-order valence-corrected chi connectivity index (χ0v) is 18.4. The van der Waals surface area contributed by atoms with Gasteiger partial charge in [-0.05, 0) is 62.8 Å². The number of hydrogen-bond donors (Lipinski definition) is 0. The molecule has 0 heterocycles. The lowest BCUT2D eigenvalue weighted by molar-refractivity contribution is -0.175. The zero-order chi connectivity index (χ0) is 21.6. The van der Waals surface area contributed by atoms with Gasteiger partial charge < -0.3 is 9.47 Å². The molecule has 0 unspecified atom stereocenters. The predicted octanol–water partition coefficient (Wildman–Crippen LogP) is 5.51. The van der Waals surface area contributed by atoms with E-state index < -0.39 is 17.4 Å². The van der Waals surface area contributed by atoms with Gasteiger partial charge in [-0.15, -0.1) is 0 Å². The second kappa shape index (κ2) is 9.73. The molecule has 0 fully saturated rings. The van der Waals surface area contributed by atoms with Gasteiger partial charge in [0.15, 0.2) is 5.41 Å². The zero-order valence-electron chi connectivity index (χ0n) is 18.4. The Morgan fingerprint density at radius 2 is 1.10 bits per heavy atom. The Hall–Kier alpha value is -2.62. The van der Waals surface area contributed by atoms with Crippen molar-refractivity contribution in [2.45, 2.75) is 67.6 Å². The van der Waals surface area contributed by atoms with Crippen LogP contribution in [0.2, 0.25) is 0 Å². The van der Waals surface area contributed by atoms with Crippen molar-refractivity contribution >= 4 is 11.9 Å². The van der Waals surface area contributed by atoms with Gasteiger partial charge in [0.2, 0.25) is 0 Å². The summed E-state index contributed by atoms with van der Waals surface area (Å²) in [6.07, 6.45) is 0.669. The molecule has 0 saturated carbocycles. The predicted molar refractivity (Wildman–Crippen MR) is 114 cm³/mol. The number of esters is 2. The highest BCUT2D eigenvalue weighted by atomic mass is 16.6. The van der Waals surface area contributed by atoms with Gasteiger partial charge in [0.1, 0.15) is 13.2 Å². The molecule has 2 aromatic rings. The van der Waals surface area contributed by atoms with E-state index in [2.05, 4.69) is 0 Å². The summed E-state index contributed by atoms with van der Waals surface area (Å²) in [6, 6.07) is 12.0. The SMILES string of the molecule is CCC(CC)(C(=O)OCc1ccc(C)cc1C)C(=O)OCc1ccc(C)cc1C. The maximum Gasteiger partial charge on any atom is 0.323 e. The van der Waals surface area contributed by atoms with Gasteiger partial charge in [0.05, 0.1) is 0 Å². The normalized spacial score (nSPS) is 11.2. The molecule has 0 aromatic heterocycles. The Morgan fingerprint density at radius 1 is 0.724 bits per heavy atom. The molecule has 29 heavy (non-hydrogen) atoms. The van der Waals surface area contributed by atoms with Gasteiger partial charge in [-0.3, -0.25) is 9.59 Å². The van der Waals surface area contributed by atoms with Crippen LogP contribution >= 0.6 is 0 Å². The standard InChI is InChI=1S/C25H32O4/c1-7-25(8-2,23(26)28-15-21-11-9-17(3)13-19(21)5)24(27)29-16-22-12-10-18(4)14-20(22)6/h9-14H,7-8,15-16H2,1-6H3. The fraction of sp³-hybridized carbons (Fsp3) is 0.440. The molecule has 0 bridgehead atoms. The molecule has 2 aromatic carbocycles. The minimum Gasteiger partial charge on any atom is -0.460 e. The van der Waals surface area contributed by atoms with Crippen molar-refractivity contribution in [3.8, 4) is 0 Å². The van der Waals surface area contributed by atoms with E-state index in [0.29, 0.717) is 12.8 Å². The average molecular weight is 397 g/mol. The van der Waals surface area contributed by atoms with Gasteiger partial charge in [-0.2, -0.15) is 0 Å². The molecule has 0 aliphatic rings. The Kier molecular flexibility index (Phi) is 7.60. The first-order valence-corrected chi connectivity index (χ1v) is 10.2. The molecule has 4 nitrogen and oxygen atoms in total. The average Bonchev–Trinajstić information content (AvgIpc) is 2.68. The van der Waals surface area contributed by atoms with E-state index in [1.54, 1.807) is 0 Å². The highest BCUT2D eigenvalue weighted by Crippen LogP contribution is 2.31. The molecular formula is C25H32O4. The van der Waals surface area contributed by atoms with Gasteiger partial charge in [-0.25, -0.2) is 0 Å². The summed E-state index contributed by atoms with van der Waals surface area (Å²) in [5.41, 5.74) is 5.04. The number of ether oxygens (including phenoxy) is 2. The van der Waals surface area contributed by atoms with E-state index >= 15 is 0 Å². The smallest absolute Gasteiger partial charge is 0.323 e. The summed E-state index contributed by atoms with van der Waals surface area (Å²) >= 11 is 0. The summed E-state index contributed by atoms with van der Waals surface area (Å²) in [5, 5.41) is 0. The summed E-state index contributed by atoms with van der Waals surface area (Å²) < 4.78 is 11.1. The third kappa shape index (κ3) is 5.26. The minimum atomic E-state index is -1.28. The number of aryl methyl sites for hydroxylation is 4. The summed E-state index contributed by atoms with van der Waals surface area (Å²) in [5.74, 6) is -1.04. The summed E-state index contributed by atoms with van der Waals surface area (Å²) in [7, 11) is 0. The van der Waals surface area contributed by atoms with Crippen molar-refractivity contribution in [1.82, 2.24) is 0 Å². The number of rotatable bonds is 8. The highest BCUT2D eigenvalue weighted by Gasteiger charge is 2.46. The largest absolute Gasteiger partial charge is 0.460 e. The lowest BCUT2D eigenvalue weighted by atomic mass is 9.82. The Labute approximate surface area is 174 Å². The Bertz CT molecular complexity index is 809. The number of carbonyl (C=O) groups excluding carboxylic acids is 2. The fourth-order valence-electron chi connectivity index (χ4n) is 3.49. The van der Waals surface area contributed by atoms with E-state index in [1.807, 2.05) is 77.9 Å². The molecule has 0 aliphatic heterocycles. The number of hydrogen-bond acceptors (Lipinski definition) is 4. The van der Waals surface area contributed by atoms with Crippen LogP contribution in [0.5, 0.6) is 0 Å². The molecule has 4 heteroatoms. The van der Waals surface area contributed by atoms with Crippen molar-refractivity contribution in [3.63, 3.8) is 0 Å². The van der Waals surface area contributed by atoms with Crippen LogP contribution in [0.25, 0.3) is 0 Å². The van der Waals surface area contributed by atoms with E-state index in [4.69, 9.17) is 9.47 Å². The van der Waals surface area contributed by atoms with Crippen LogP contribution in [-0.4, -0.2) is 11.9 Å². The third-order valence-corrected chi connectivity index (χ3v) is 5.70. The van der Waals surface area contributed by atoms with Gasteiger partial charge in [-0.1, -0.05) is 61.4 Å². The van der Waals surface area contributed by atoms with Crippen LogP contribution < -0.4 is 0 Å². The van der Waals surface area contributed by atoms with Crippen LogP contribution in [-0.2, 0) is 32.3 Å². The first kappa shape index (κ1) is 22.7. The van der Waals surface area contributed by atoms with E-state index in [-0.39, 0.29) is 13.2 Å². The van der Waals surface area contributed by atoms with E-state index in [0.717, 1.165) is 33.4 Å². The van der Waals surface area contributed by atoms with Crippen LogP contribution in [0.4, 0.5) is 0 Å². The van der Waals surface area contributed by atoms with Crippen molar-refractivity contribution < 1.29 is 19.1 Å². The van der Waals surface area contributed by atoms with E-state index in [1.165, 1.54) is 0 Å². The minimum absolute atomic E-state index is 0.150. The molecule has 0 spiro atoms. The van der Waals surface area contributed by atoms with Crippen molar-refractivity contribution in [1.29, 1.82) is 0 Å². The molecule has 2 rings (SSSR count). The van der Waals surface area contributed by atoms with Crippen LogP contribution in [0.3, 0.4) is 0 Å². The first-order valence-electron chi connectivity index (χ1n) is 10.2. The lowest BCUT2D eigenvalue weighted by Crippen LogP contribution is -2.41. The van der Waals surface area contributed by atoms with Gasteiger partial charge in [0.25, 0.3) is 0 Å². The van der Waals surface area contributed by atoms with Gasteiger partial charge >= 0.3 is 11.9 Å². The second-order valence-corrected chi connectivity index (χ2v) is 7.80. The quantitative estimate of drug-likeness (QED) is 0.436. The molecule has 0 saturated heterocycles. The monoisotopic (exact) mass is 396 g/mol. The summed E-state index contributed by atoms with van der Waals surface area (Å²) in [4.78, 5) is 25.8. The van der Waals surface area contributed by atoms with Crippen molar-refractivity contribution in [3.05, 3.63) is 69.8 Å². The molecular weight excluding hydrogens is 364 g/mol. The maximum absolute atomic E-state index is 12.9. The van der Waals surface area contributed by atoms with Crippen LogP contribution in [0.1, 0.15) is 60.1 Å². The molecule has 0 amide bonds.